The van der Waals surface area contributed by atoms with Gasteiger partial charge in [0.25, 0.3) is 0 Å². The van der Waals surface area contributed by atoms with E-state index in [1.807, 2.05) is 73.3 Å². The maximum absolute atomic E-state index is 13.5. The summed E-state index contributed by atoms with van der Waals surface area (Å²) in [6.45, 7) is 4.38. The zero-order valence-electron chi connectivity index (χ0n) is 21.8. The van der Waals surface area contributed by atoms with E-state index in [0.29, 0.717) is 13.0 Å². The van der Waals surface area contributed by atoms with Gasteiger partial charge in [-0.15, -0.1) is 0 Å². The molecule has 2 fully saturated rings. The number of fused-ring (bicyclic) bond motifs is 1. The molecule has 2 aromatic carbocycles. The Labute approximate surface area is 222 Å². The van der Waals surface area contributed by atoms with Crippen LogP contribution in [0.15, 0.2) is 54.6 Å². The highest BCUT2D eigenvalue weighted by atomic mass is 16.7. The number of nitrogens with zero attached hydrogens (tertiary/aromatic N) is 1. The largest absolute Gasteiger partial charge is 0.362 e. The lowest BCUT2D eigenvalue weighted by Crippen LogP contribution is -2.56. The Balaban J connectivity index is 1.27. The Hall–Kier alpha value is -3.63. The molecule has 0 radical (unpaired) electrons. The molecule has 2 aromatic rings. The molecular weight excluding hydrogens is 484 g/mol. The van der Waals surface area contributed by atoms with Gasteiger partial charge in [-0.3, -0.25) is 19.2 Å². The molecule has 202 valence electrons. The van der Waals surface area contributed by atoms with Crippen LogP contribution >= 0.6 is 0 Å². The van der Waals surface area contributed by atoms with Crippen molar-refractivity contribution in [2.75, 3.05) is 17.2 Å². The lowest BCUT2D eigenvalue weighted by Gasteiger charge is -2.29. The fraction of sp³-hybridized carbons (Fsp3) is 0.464. The molecule has 2 saturated heterocycles. The van der Waals surface area contributed by atoms with E-state index in [2.05, 4.69) is 26.7 Å². The van der Waals surface area contributed by atoms with E-state index in [9.17, 15) is 14.4 Å². The van der Waals surface area contributed by atoms with Gasteiger partial charge in [0.05, 0.1) is 36.0 Å². The van der Waals surface area contributed by atoms with Gasteiger partial charge in [-0.05, 0) is 44.4 Å². The van der Waals surface area contributed by atoms with Crippen molar-refractivity contribution in [3.63, 3.8) is 0 Å². The summed E-state index contributed by atoms with van der Waals surface area (Å²) >= 11 is 0. The van der Waals surface area contributed by atoms with Gasteiger partial charge in [0, 0.05) is 13.0 Å². The Morgan fingerprint density at radius 1 is 1.03 bits per heavy atom. The molecular formula is C28H36N6O4. The van der Waals surface area contributed by atoms with Gasteiger partial charge in [0.2, 0.25) is 17.7 Å². The van der Waals surface area contributed by atoms with Gasteiger partial charge in [-0.1, -0.05) is 42.5 Å². The smallest absolute Gasteiger partial charge is 0.243 e. The molecule has 3 amide bonds. The number of rotatable bonds is 8. The van der Waals surface area contributed by atoms with Crippen LogP contribution in [0.3, 0.4) is 0 Å². The van der Waals surface area contributed by atoms with E-state index >= 15 is 0 Å². The number of hydrogen-bond acceptors (Lipinski definition) is 7. The maximum Gasteiger partial charge on any atom is 0.243 e. The third-order valence-corrected chi connectivity index (χ3v) is 7.48. The van der Waals surface area contributed by atoms with Crippen molar-refractivity contribution in [1.82, 2.24) is 21.0 Å². The second-order valence-electron chi connectivity index (χ2n) is 10.4. The molecule has 5 N–H and O–H groups in total. The molecule has 3 aliphatic heterocycles. The first-order valence-corrected chi connectivity index (χ1v) is 13.4. The summed E-state index contributed by atoms with van der Waals surface area (Å²) in [6, 6.07) is 15.8. The minimum atomic E-state index is -1.02. The lowest BCUT2D eigenvalue weighted by atomic mass is 10.0. The topological polar surface area (TPSA) is 124 Å². The van der Waals surface area contributed by atoms with Crippen molar-refractivity contribution in [3.8, 4) is 0 Å². The molecule has 10 heteroatoms. The number of nitrogens with one attached hydrogen (secondary N) is 5. The monoisotopic (exact) mass is 520 g/mol. The van der Waals surface area contributed by atoms with Gasteiger partial charge >= 0.3 is 0 Å². The Morgan fingerprint density at radius 2 is 1.71 bits per heavy atom. The van der Waals surface area contributed by atoms with Crippen LogP contribution in [0.2, 0.25) is 0 Å². The standard InChI is InChI=1S/C28H36N6O4/c1-17-15-23(33-38-17)28(37)32-22(16-25(35)34-14-8-13-24(34)19-9-4-3-5-10-19)27(36)29-18(2)26-30-20-11-6-7-12-21(20)31-26/h3-7,9-12,17-18,22-24,26,30-31,33H,8,13-16H2,1-2H3,(H,29,36)(H,32,37)/t17?,18-,22+,23?,24-/m1/s1. The van der Waals surface area contributed by atoms with Crippen molar-refractivity contribution >= 4 is 29.1 Å². The van der Waals surface area contributed by atoms with Crippen LogP contribution in [0, 0.1) is 0 Å². The molecule has 3 aliphatic rings. The van der Waals surface area contributed by atoms with Crippen molar-refractivity contribution in [1.29, 1.82) is 0 Å². The first-order chi connectivity index (χ1) is 18.4. The van der Waals surface area contributed by atoms with Crippen molar-refractivity contribution in [2.24, 2.45) is 0 Å². The van der Waals surface area contributed by atoms with Crippen LogP contribution in [0.4, 0.5) is 11.4 Å². The molecule has 2 unspecified atom stereocenters. The van der Waals surface area contributed by atoms with Crippen molar-refractivity contribution in [3.05, 3.63) is 60.2 Å². The average molecular weight is 521 g/mol. The average Bonchev–Trinajstić information content (AvgIpc) is 3.68. The summed E-state index contributed by atoms with van der Waals surface area (Å²) in [4.78, 5) is 47.2. The van der Waals surface area contributed by atoms with Crippen molar-refractivity contribution < 1.29 is 19.2 Å². The number of benzene rings is 2. The molecule has 5 atom stereocenters. The lowest BCUT2D eigenvalue weighted by molar-refractivity contribution is -0.137. The van der Waals surface area contributed by atoms with Crippen LogP contribution in [0.25, 0.3) is 0 Å². The number of carbonyl (C=O) groups excluding carboxylic acids is 3. The second-order valence-corrected chi connectivity index (χ2v) is 10.4. The van der Waals surface area contributed by atoms with E-state index in [-0.39, 0.29) is 42.6 Å². The third kappa shape index (κ3) is 5.76. The summed E-state index contributed by atoms with van der Waals surface area (Å²) in [6.07, 6.45) is 1.79. The highest BCUT2D eigenvalue weighted by Gasteiger charge is 2.36. The Morgan fingerprint density at radius 3 is 2.37 bits per heavy atom. The minimum Gasteiger partial charge on any atom is -0.362 e. The second kappa shape index (κ2) is 11.4. The van der Waals surface area contributed by atoms with E-state index in [1.54, 1.807) is 0 Å². The summed E-state index contributed by atoms with van der Waals surface area (Å²) in [5, 5.41) is 12.5. The minimum absolute atomic E-state index is 0.0295. The fourth-order valence-corrected chi connectivity index (χ4v) is 5.41. The third-order valence-electron chi connectivity index (χ3n) is 7.48. The van der Waals surface area contributed by atoms with Crippen LogP contribution in [0.1, 0.15) is 51.1 Å². The fourth-order valence-electron chi connectivity index (χ4n) is 5.41. The molecule has 3 heterocycles. The molecule has 0 spiro atoms. The Bertz CT molecular complexity index is 1140. The van der Waals surface area contributed by atoms with Crippen LogP contribution in [-0.4, -0.2) is 59.6 Å². The molecule has 10 nitrogen and oxygen atoms in total. The molecule has 38 heavy (non-hydrogen) atoms. The summed E-state index contributed by atoms with van der Waals surface area (Å²) in [7, 11) is 0. The summed E-state index contributed by atoms with van der Waals surface area (Å²) < 4.78 is 0. The van der Waals surface area contributed by atoms with Crippen molar-refractivity contribution in [2.45, 2.75) is 76.0 Å². The van der Waals surface area contributed by atoms with Gasteiger partial charge in [-0.2, -0.15) is 5.48 Å². The highest BCUT2D eigenvalue weighted by molar-refractivity contribution is 5.93. The van der Waals surface area contributed by atoms with Gasteiger partial charge in [0.15, 0.2) is 0 Å². The van der Waals surface area contributed by atoms with Crippen LogP contribution in [-0.2, 0) is 19.2 Å². The van der Waals surface area contributed by atoms with Gasteiger partial charge < -0.3 is 26.2 Å². The van der Waals surface area contributed by atoms with E-state index in [1.165, 1.54) is 0 Å². The molecule has 0 aromatic heterocycles. The van der Waals surface area contributed by atoms with Crippen LogP contribution < -0.4 is 26.7 Å². The number of amides is 3. The maximum atomic E-state index is 13.5. The molecule has 0 bridgehead atoms. The highest BCUT2D eigenvalue weighted by Crippen LogP contribution is 2.32. The normalized spacial score (nSPS) is 24.2. The predicted octanol–water partition coefficient (Wildman–Crippen LogP) is 2.28. The predicted molar refractivity (Wildman–Crippen MR) is 144 cm³/mol. The quantitative estimate of drug-likeness (QED) is 0.362. The van der Waals surface area contributed by atoms with E-state index in [4.69, 9.17) is 4.84 Å². The zero-order valence-corrected chi connectivity index (χ0v) is 21.8. The number of para-hydroxylation sites is 2. The van der Waals surface area contributed by atoms with Gasteiger partial charge in [-0.25, -0.2) is 0 Å². The number of hydroxylamine groups is 1. The molecule has 0 saturated carbocycles. The summed E-state index contributed by atoms with van der Waals surface area (Å²) in [5.74, 6) is -0.917. The Kier molecular flexibility index (Phi) is 7.80. The summed E-state index contributed by atoms with van der Waals surface area (Å²) in [5.41, 5.74) is 5.72. The molecule has 5 rings (SSSR count). The van der Waals surface area contributed by atoms with E-state index in [0.717, 1.165) is 29.8 Å². The first kappa shape index (κ1) is 26.0. The zero-order chi connectivity index (χ0) is 26.6. The van der Waals surface area contributed by atoms with Crippen LogP contribution in [0.5, 0.6) is 0 Å². The van der Waals surface area contributed by atoms with Gasteiger partial charge in [0.1, 0.15) is 18.2 Å². The molecule has 0 aliphatic carbocycles. The number of likely N-dealkylation sites (tertiary alicyclic amines) is 1. The SMILES string of the molecule is CC1CC(C(=O)N[C@@H](CC(=O)N2CCC[C@@H]2c2ccccc2)C(=O)N[C@H](C)C2Nc3ccccc3N2)NO1. The number of anilines is 2. The number of carbonyl (C=O) groups is 3. The van der Waals surface area contributed by atoms with E-state index < -0.39 is 18.0 Å². The first-order valence-electron chi connectivity index (χ1n) is 13.4. The number of hydrogen-bond donors (Lipinski definition) is 5.